The predicted octanol–water partition coefficient (Wildman–Crippen LogP) is 3.98. The second-order valence-electron chi connectivity index (χ2n) is 6.41. The Balaban J connectivity index is 1.63. The molecule has 4 rings (SSSR count). The maximum absolute atomic E-state index is 14.2. The van der Waals surface area contributed by atoms with Gasteiger partial charge in [0.05, 0.1) is 10.2 Å². The highest BCUT2D eigenvalue weighted by atomic mass is 32.1. The number of benzene rings is 2. The van der Waals surface area contributed by atoms with E-state index in [9.17, 15) is 9.18 Å². The number of anilines is 1. The molecule has 0 aliphatic heterocycles. The average Bonchev–Trinajstić information content (AvgIpc) is 3.27. The second-order valence-corrected chi connectivity index (χ2v) is 7.44. The van der Waals surface area contributed by atoms with E-state index in [0.717, 1.165) is 27.8 Å². The summed E-state index contributed by atoms with van der Waals surface area (Å²) in [6.45, 7) is 1.93. The highest BCUT2D eigenvalue weighted by molar-refractivity contribution is 7.22. The topological polar surface area (TPSA) is 62.2 Å². The first-order valence-corrected chi connectivity index (χ1v) is 8.96. The third-order valence-electron chi connectivity index (χ3n) is 4.62. The van der Waals surface area contributed by atoms with Crippen LogP contribution in [0.1, 0.15) is 12.0 Å². The maximum atomic E-state index is 14.2. The molecule has 0 spiro atoms. The molecule has 2 aromatic carbocycles. The third kappa shape index (κ3) is 3.03. The molecule has 1 amide bonds. The van der Waals surface area contributed by atoms with Crippen molar-refractivity contribution in [3.63, 3.8) is 0 Å². The fraction of sp³-hybridized carbons (Fsp3) is 0.263. The van der Waals surface area contributed by atoms with Crippen LogP contribution in [0.3, 0.4) is 0 Å². The molecule has 25 heavy (non-hydrogen) atoms. The lowest BCUT2D eigenvalue weighted by Gasteiger charge is -2.07. The number of thiazole rings is 1. The number of halogens is 1. The van der Waals surface area contributed by atoms with Crippen molar-refractivity contribution in [2.24, 2.45) is 11.8 Å². The molecule has 0 radical (unpaired) electrons. The van der Waals surface area contributed by atoms with E-state index in [1.807, 2.05) is 31.2 Å². The van der Waals surface area contributed by atoms with Crippen LogP contribution in [-0.4, -0.2) is 22.6 Å². The van der Waals surface area contributed by atoms with Gasteiger partial charge in [0.2, 0.25) is 5.91 Å². The predicted molar refractivity (Wildman–Crippen MR) is 97.1 cm³/mol. The molecule has 3 aromatic rings. The van der Waals surface area contributed by atoms with Gasteiger partial charge in [-0.25, -0.2) is 9.37 Å². The number of rotatable bonds is 4. The molecule has 1 aliphatic carbocycles. The lowest BCUT2D eigenvalue weighted by Crippen LogP contribution is -2.15. The summed E-state index contributed by atoms with van der Waals surface area (Å²) in [5.74, 6) is -0.386. The van der Waals surface area contributed by atoms with Crippen molar-refractivity contribution in [2.75, 3.05) is 11.9 Å². The van der Waals surface area contributed by atoms with Crippen LogP contribution in [0.15, 0.2) is 36.4 Å². The van der Waals surface area contributed by atoms with Crippen LogP contribution in [0.4, 0.5) is 9.52 Å². The van der Waals surface area contributed by atoms with E-state index in [0.29, 0.717) is 10.7 Å². The summed E-state index contributed by atoms with van der Waals surface area (Å²) in [5, 5.41) is 12.4. The van der Waals surface area contributed by atoms with Crippen molar-refractivity contribution >= 4 is 32.6 Å². The second kappa shape index (κ2) is 6.20. The van der Waals surface area contributed by atoms with Crippen molar-refractivity contribution in [3.8, 4) is 11.1 Å². The number of amides is 1. The minimum atomic E-state index is -0.249. The Morgan fingerprint density at radius 2 is 2.24 bits per heavy atom. The average molecular weight is 356 g/mol. The zero-order chi connectivity index (χ0) is 17.6. The Bertz CT molecular complexity index is 949. The number of aliphatic hydroxyl groups is 1. The first kappa shape index (κ1) is 16.2. The molecule has 1 unspecified atom stereocenters. The van der Waals surface area contributed by atoms with Crippen LogP contribution in [0.25, 0.3) is 21.3 Å². The Kier molecular flexibility index (Phi) is 4.01. The minimum Gasteiger partial charge on any atom is -0.396 e. The molecule has 2 atom stereocenters. The van der Waals surface area contributed by atoms with Gasteiger partial charge in [0.1, 0.15) is 5.82 Å². The molecule has 1 fully saturated rings. The monoisotopic (exact) mass is 356 g/mol. The van der Waals surface area contributed by atoms with Gasteiger partial charge in [-0.15, -0.1) is 0 Å². The van der Waals surface area contributed by atoms with E-state index >= 15 is 0 Å². The van der Waals surface area contributed by atoms with Gasteiger partial charge in [-0.1, -0.05) is 29.5 Å². The van der Waals surface area contributed by atoms with Gasteiger partial charge in [-0.2, -0.15) is 0 Å². The lowest BCUT2D eigenvalue weighted by molar-refractivity contribution is -0.117. The molecule has 1 saturated carbocycles. The summed E-state index contributed by atoms with van der Waals surface area (Å²) in [4.78, 5) is 16.5. The smallest absolute Gasteiger partial charge is 0.229 e. The summed E-state index contributed by atoms with van der Waals surface area (Å²) in [5.41, 5.74) is 3.04. The number of aromatic nitrogens is 1. The van der Waals surface area contributed by atoms with Crippen LogP contribution in [-0.2, 0) is 4.79 Å². The number of nitrogens with one attached hydrogen (secondary N) is 1. The van der Waals surface area contributed by atoms with Gasteiger partial charge in [0, 0.05) is 18.1 Å². The molecule has 1 heterocycles. The van der Waals surface area contributed by atoms with Crippen LogP contribution in [0.5, 0.6) is 0 Å². The van der Waals surface area contributed by atoms with Crippen molar-refractivity contribution in [1.82, 2.24) is 4.98 Å². The van der Waals surface area contributed by atoms with Gasteiger partial charge < -0.3 is 10.4 Å². The van der Waals surface area contributed by atoms with Crippen LogP contribution in [0.2, 0.25) is 0 Å². The number of nitrogens with zero attached hydrogens (tertiary/aromatic N) is 1. The van der Waals surface area contributed by atoms with E-state index in [1.54, 1.807) is 6.07 Å². The van der Waals surface area contributed by atoms with Crippen molar-refractivity contribution < 1.29 is 14.3 Å². The van der Waals surface area contributed by atoms with Crippen molar-refractivity contribution in [3.05, 3.63) is 47.8 Å². The first-order chi connectivity index (χ1) is 12.1. The summed E-state index contributed by atoms with van der Waals surface area (Å²) in [6, 6.07) is 10.6. The molecule has 2 N–H and O–H groups in total. The fourth-order valence-electron chi connectivity index (χ4n) is 3.10. The maximum Gasteiger partial charge on any atom is 0.229 e. The normalized spacial score (nSPS) is 19.2. The van der Waals surface area contributed by atoms with Crippen LogP contribution in [0, 0.1) is 24.6 Å². The van der Waals surface area contributed by atoms with Gasteiger partial charge in [0.25, 0.3) is 0 Å². The number of carbonyl (C=O) groups is 1. The Labute approximate surface area is 148 Å². The summed E-state index contributed by atoms with van der Waals surface area (Å²) in [7, 11) is 0. The number of carbonyl (C=O) groups excluding carboxylic acids is 1. The van der Waals surface area contributed by atoms with Crippen LogP contribution >= 0.6 is 11.3 Å². The van der Waals surface area contributed by atoms with Gasteiger partial charge in [-0.05, 0) is 48.6 Å². The lowest BCUT2D eigenvalue weighted by atomic mass is 10.00. The summed E-state index contributed by atoms with van der Waals surface area (Å²) >= 11 is 1.37. The minimum absolute atomic E-state index is 0.0449. The van der Waals surface area contributed by atoms with E-state index in [1.165, 1.54) is 17.4 Å². The Morgan fingerprint density at radius 3 is 2.96 bits per heavy atom. The molecule has 128 valence electrons. The fourth-order valence-corrected chi connectivity index (χ4v) is 4.01. The summed E-state index contributed by atoms with van der Waals surface area (Å²) < 4.78 is 15.1. The van der Waals surface area contributed by atoms with E-state index in [2.05, 4.69) is 10.3 Å². The van der Waals surface area contributed by atoms with Gasteiger partial charge in [-0.3, -0.25) is 4.79 Å². The zero-order valence-corrected chi connectivity index (χ0v) is 14.4. The van der Waals surface area contributed by atoms with Crippen molar-refractivity contribution in [1.29, 1.82) is 0 Å². The van der Waals surface area contributed by atoms with E-state index in [-0.39, 0.29) is 30.2 Å². The molecule has 0 saturated heterocycles. The molecule has 0 bridgehead atoms. The highest BCUT2D eigenvalue weighted by Gasteiger charge is 2.42. The highest BCUT2D eigenvalue weighted by Crippen LogP contribution is 2.39. The standard InChI is InChI=1S/C19H17FN2O2S/c1-10-3-2-4-14(20)17(10)11-5-6-15-16(8-11)25-19(21-15)22-18(24)13-7-12(13)9-23/h2-6,8,12-13,23H,7,9H2,1H3,(H,21,22,24)/t12?,13-/m1/s1. The number of hydrogen-bond donors (Lipinski definition) is 2. The third-order valence-corrected chi connectivity index (χ3v) is 5.56. The SMILES string of the molecule is Cc1cccc(F)c1-c1ccc2nc(NC(=O)[C@@H]3CC3CO)sc2c1. The van der Waals surface area contributed by atoms with Gasteiger partial charge in [0.15, 0.2) is 5.13 Å². The Morgan fingerprint density at radius 1 is 1.40 bits per heavy atom. The molecule has 6 heteroatoms. The molecule has 4 nitrogen and oxygen atoms in total. The summed E-state index contributed by atoms with van der Waals surface area (Å²) in [6.07, 6.45) is 0.726. The zero-order valence-electron chi connectivity index (χ0n) is 13.6. The number of aliphatic hydroxyl groups excluding tert-OH is 1. The van der Waals surface area contributed by atoms with Gasteiger partial charge >= 0.3 is 0 Å². The molecular weight excluding hydrogens is 339 g/mol. The number of fused-ring (bicyclic) bond motifs is 1. The first-order valence-electron chi connectivity index (χ1n) is 8.14. The number of aryl methyl sites for hydroxylation is 1. The van der Waals surface area contributed by atoms with Crippen LogP contribution < -0.4 is 5.32 Å². The molecule has 1 aliphatic rings. The molecular formula is C19H17FN2O2S. The molecule has 1 aromatic heterocycles. The van der Waals surface area contributed by atoms with E-state index in [4.69, 9.17) is 5.11 Å². The Hall–Kier alpha value is -2.31. The van der Waals surface area contributed by atoms with Crippen molar-refractivity contribution in [2.45, 2.75) is 13.3 Å². The number of hydrogen-bond acceptors (Lipinski definition) is 4. The van der Waals surface area contributed by atoms with E-state index < -0.39 is 0 Å². The largest absolute Gasteiger partial charge is 0.396 e. The quantitative estimate of drug-likeness (QED) is 0.743.